The van der Waals surface area contributed by atoms with Crippen LogP contribution in [0.1, 0.15) is 30.1 Å². The zero-order valence-electron chi connectivity index (χ0n) is 9.39. The number of hydrogen-bond acceptors (Lipinski definition) is 4. The highest BCUT2D eigenvalue weighted by Gasteiger charge is 2.20. The molecule has 0 bridgehead atoms. The molecule has 2 heterocycles. The van der Waals surface area contributed by atoms with Gasteiger partial charge in [-0.1, -0.05) is 6.07 Å². The molecule has 0 aliphatic carbocycles. The Kier molecular flexibility index (Phi) is 3.58. The summed E-state index contributed by atoms with van der Waals surface area (Å²) in [5, 5.41) is 18.2. The monoisotopic (exact) mass is 221 g/mol. The van der Waals surface area contributed by atoms with E-state index in [1.54, 1.807) is 13.0 Å². The van der Waals surface area contributed by atoms with Gasteiger partial charge in [-0.2, -0.15) is 0 Å². The Labute approximate surface area is 95.4 Å². The molecule has 1 fully saturated rings. The highest BCUT2D eigenvalue weighted by Crippen LogP contribution is 2.23. The molecule has 86 valence electrons. The summed E-state index contributed by atoms with van der Waals surface area (Å²) < 4.78 is 5.42. The molecule has 0 amide bonds. The lowest BCUT2D eigenvalue weighted by atomic mass is 9.79. The predicted octanol–water partition coefficient (Wildman–Crippen LogP) is -0.0362. The lowest BCUT2D eigenvalue weighted by Crippen LogP contribution is -2.33. The largest absolute Gasteiger partial charge is 0.490 e. The molecular formula is C11H16BNO3. The number of nitrogens with zero attached hydrogens (tertiary/aromatic N) is 1. The van der Waals surface area contributed by atoms with Crippen molar-refractivity contribution in [3.63, 3.8) is 0 Å². The molecule has 1 saturated heterocycles. The Morgan fingerprint density at radius 1 is 1.44 bits per heavy atom. The second kappa shape index (κ2) is 4.95. The molecule has 2 rings (SSSR count). The van der Waals surface area contributed by atoms with Gasteiger partial charge in [0.1, 0.15) is 0 Å². The van der Waals surface area contributed by atoms with Crippen LogP contribution in [0.4, 0.5) is 0 Å². The molecule has 2 N–H and O–H groups in total. The van der Waals surface area contributed by atoms with Crippen LogP contribution in [0, 0.1) is 6.92 Å². The molecule has 1 aromatic rings. The van der Waals surface area contributed by atoms with E-state index in [0.29, 0.717) is 23.7 Å². The van der Waals surface area contributed by atoms with E-state index < -0.39 is 7.12 Å². The van der Waals surface area contributed by atoms with Gasteiger partial charge in [0.2, 0.25) is 0 Å². The smallest absolute Gasteiger partial charge is 0.423 e. The van der Waals surface area contributed by atoms with Crippen LogP contribution in [0.15, 0.2) is 12.1 Å². The number of rotatable bonds is 2. The van der Waals surface area contributed by atoms with E-state index >= 15 is 0 Å². The van der Waals surface area contributed by atoms with E-state index in [2.05, 4.69) is 4.98 Å². The first-order valence-corrected chi connectivity index (χ1v) is 5.60. The number of ether oxygens (including phenoxy) is 1. The van der Waals surface area contributed by atoms with E-state index in [1.165, 1.54) is 0 Å². The third-order valence-electron chi connectivity index (χ3n) is 3.00. The van der Waals surface area contributed by atoms with Crippen molar-refractivity contribution in [2.45, 2.75) is 25.7 Å². The van der Waals surface area contributed by atoms with Crippen molar-refractivity contribution >= 4 is 12.6 Å². The van der Waals surface area contributed by atoms with E-state index in [-0.39, 0.29) is 0 Å². The maximum absolute atomic E-state index is 9.10. The second-order valence-electron chi connectivity index (χ2n) is 4.20. The maximum Gasteiger partial charge on any atom is 0.490 e. The maximum atomic E-state index is 9.10. The van der Waals surface area contributed by atoms with Gasteiger partial charge < -0.3 is 14.8 Å². The van der Waals surface area contributed by atoms with Gasteiger partial charge in [-0.05, 0) is 25.8 Å². The van der Waals surface area contributed by atoms with Crippen LogP contribution in [-0.2, 0) is 4.74 Å². The first kappa shape index (κ1) is 11.6. The molecule has 1 aromatic heterocycles. The summed E-state index contributed by atoms with van der Waals surface area (Å²) in [4.78, 5) is 4.42. The van der Waals surface area contributed by atoms with E-state index in [4.69, 9.17) is 14.8 Å². The van der Waals surface area contributed by atoms with Gasteiger partial charge in [0.05, 0.1) is 6.61 Å². The summed E-state index contributed by atoms with van der Waals surface area (Å²) in [5.74, 6) is 0.345. The summed E-state index contributed by atoms with van der Waals surface area (Å²) in [6.07, 6.45) is 2.16. The van der Waals surface area contributed by atoms with Crippen LogP contribution in [0.25, 0.3) is 0 Å². The SMILES string of the molecule is Cc1nc(C2CCCOC2)ccc1B(O)O. The summed E-state index contributed by atoms with van der Waals surface area (Å²) in [6.45, 7) is 3.35. The Morgan fingerprint density at radius 2 is 2.25 bits per heavy atom. The number of aromatic nitrogens is 1. The highest BCUT2D eigenvalue weighted by molar-refractivity contribution is 6.59. The normalized spacial score (nSPS) is 20.8. The third-order valence-corrected chi connectivity index (χ3v) is 3.00. The van der Waals surface area contributed by atoms with Gasteiger partial charge in [0.25, 0.3) is 0 Å². The molecule has 0 saturated carbocycles. The molecule has 0 aromatic carbocycles. The van der Waals surface area contributed by atoms with Crippen molar-refractivity contribution < 1.29 is 14.8 Å². The molecule has 1 atom stereocenters. The number of hydrogen-bond donors (Lipinski definition) is 2. The fraction of sp³-hybridized carbons (Fsp3) is 0.545. The number of aryl methyl sites for hydroxylation is 1. The Morgan fingerprint density at radius 3 is 2.81 bits per heavy atom. The summed E-state index contributed by atoms with van der Waals surface area (Å²) >= 11 is 0. The lowest BCUT2D eigenvalue weighted by molar-refractivity contribution is 0.0793. The van der Waals surface area contributed by atoms with Gasteiger partial charge in [0, 0.05) is 29.4 Å². The first-order chi connectivity index (χ1) is 7.68. The van der Waals surface area contributed by atoms with Crippen LogP contribution in [-0.4, -0.2) is 35.4 Å². The molecule has 5 heteroatoms. The van der Waals surface area contributed by atoms with Crippen molar-refractivity contribution in [2.75, 3.05) is 13.2 Å². The molecule has 16 heavy (non-hydrogen) atoms. The van der Waals surface area contributed by atoms with Gasteiger partial charge in [-0.25, -0.2) is 0 Å². The fourth-order valence-electron chi connectivity index (χ4n) is 2.07. The molecule has 0 spiro atoms. The van der Waals surface area contributed by atoms with Crippen molar-refractivity contribution in [3.8, 4) is 0 Å². The second-order valence-corrected chi connectivity index (χ2v) is 4.20. The van der Waals surface area contributed by atoms with Gasteiger partial charge in [-0.3, -0.25) is 4.98 Å². The molecule has 1 aliphatic heterocycles. The van der Waals surface area contributed by atoms with Crippen LogP contribution >= 0.6 is 0 Å². The standard InChI is InChI=1S/C11H16BNO3/c1-8-10(12(14)15)4-5-11(13-8)9-3-2-6-16-7-9/h4-5,9,14-15H,2-3,6-7H2,1H3. The van der Waals surface area contributed by atoms with Gasteiger partial charge >= 0.3 is 7.12 Å². The zero-order valence-corrected chi connectivity index (χ0v) is 9.39. The fourth-order valence-corrected chi connectivity index (χ4v) is 2.07. The quantitative estimate of drug-likeness (QED) is 0.688. The minimum absolute atomic E-state index is 0.345. The van der Waals surface area contributed by atoms with Gasteiger partial charge in [0.15, 0.2) is 0 Å². The average Bonchev–Trinajstić information content (AvgIpc) is 2.29. The Balaban J connectivity index is 2.19. The summed E-state index contributed by atoms with van der Waals surface area (Å²) in [7, 11) is -1.44. The van der Waals surface area contributed by atoms with Crippen LogP contribution in [0.3, 0.4) is 0 Å². The average molecular weight is 221 g/mol. The third kappa shape index (κ3) is 2.43. The van der Waals surface area contributed by atoms with Crippen molar-refractivity contribution in [3.05, 3.63) is 23.5 Å². The van der Waals surface area contributed by atoms with Gasteiger partial charge in [-0.15, -0.1) is 0 Å². The van der Waals surface area contributed by atoms with Crippen LogP contribution in [0.5, 0.6) is 0 Å². The first-order valence-electron chi connectivity index (χ1n) is 5.60. The molecule has 4 nitrogen and oxygen atoms in total. The highest BCUT2D eigenvalue weighted by atomic mass is 16.5. The van der Waals surface area contributed by atoms with E-state index in [1.807, 2.05) is 6.07 Å². The Bertz CT molecular complexity index is 364. The number of pyridine rings is 1. The molecule has 1 unspecified atom stereocenters. The predicted molar refractivity (Wildman–Crippen MR) is 61.6 cm³/mol. The van der Waals surface area contributed by atoms with Crippen LogP contribution < -0.4 is 5.46 Å². The van der Waals surface area contributed by atoms with Crippen molar-refractivity contribution in [2.24, 2.45) is 0 Å². The topological polar surface area (TPSA) is 62.6 Å². The Hall–Kier alpha value is -0.905. The van der Waals surface area contributed by atoms with E-state index in [9.17, 15) is 0 Å². The van der Waals surface area contributed by atoms with Crippen molar-refractivity contribution in [1.29, 1.82) is 0 Å². The minimum atomic E-state index is -1.44. The van der Waals surface area contributed by atoms with Crippen molar-refractivity contribution in [1.82, 2.24) is 4.98 Å². The van der Waals surface area contributed by atoms with Crippen LogP contribution in [0.2, 0.25) is 0 Å². The molecular weight excluding hydrogens is 205 g/mol. The van der Waals surface area contributed by atoms with E-state index in [0.717, 1.165) is 25.1 Å². The summed E-state index contributed by atoms with van der Waals surface area (Å²) in [5.41, 5.74) is 2.14. The summed E-state index contributed by atoms with van der Waals surface area (Å²) in [6, 6.07) is 3.60. The lowest BCUT2D eigenvalue weighted by Gasteiger charge is -2.22. The molecule has 0 radical (unpaired) electrons. The minimum Gasteiger partial charge on any atom is -0.423 e. The zero-order chi connectivity index (χ0) is 11.5. The molecule has 1 aliphatic rings.